The number of thiocarbonyl (C=S) groups is 1. The van der Waals surface area contributed by atoms with E-state index < -0.39 is 7.26 Å². The molecule has 2 rings (SSSR count). The van der Waals surface area contributed by atoms with Crippen molar-refractivity contribution in [3.63, 3.8) is 0 Å². The Morgan fingerprint density at radius 1 is 0.950 bits per heavy atom. The van der Waals surface area contributed by atoms with E-state index in [1.807, 2.05) is 6.08 Å². The molecule has 2 aromatic carbocycles. The first-order valence-electron chi connectivity index (χ1n) is 6.62. The molecule has 0 saturated heterocycles. The Morgan fingerprint density at radius 3 is 1.80 bits per heavy atom. The van der Waals surface area contributed by atoms with E-state index >= 15 is 0 Å². The maximum absolute atomic E-state index is 4.89. The number of hydrogen-bond donors (Lipinski definition) is 0. The van der Waals surface area contributed by atoms with Crippen LogP contribution in [0.1, 0.15) is 0 Å². The van der Waals surface area contributed by atoms with Crippen LogP contribution in [0.3, 0.4) is 0 Å². The zero-order valence-electron chi connectivity index (χ0n) is 11.6. The van der Waals surface area contributed by atoms with Crippen molar-refractivity contribution in [1.29, 1.82) is 0 Å². The van der Waals surface area contributed by atoms with Crippen LogP contribution in [-0.2, 0) is 0 Å². The third-order valence-electron chi connectivity index (χ3n) is 3.72. The SMILES string of the molecule is C=C(/C=C\C=S)[PH](C)(c1ccccc1)c1ccccc1. The molecule has 0 aliphatic rings. The quantitative estimate of drug-likeness (QED) is 0.347. The average molecular weight is 298 g/mol. The number of benzene rings is 2. The van der Waals surface area contributed by atoms with E-state index in [0.29, 0.717) is 0 Å². The molecule has 0 nitrogen and oxygen atoms in total. The van der Waals surface area contributed by atoms with Crippen LogP contribution < -0.4 is 10.6 Å². The van der Waals surface area contributed by atoms with Crippen molar-refractivity contribution in [2.45, 2.75) is 0 Å². The molecule has 0 amide bonds. The summed E-state index contributed by atoms with van der Waals surface area (Å²) in [5.41, 5.74) is 0. The van der Waals surface area contributed by atoms with Gasteiger partial charge in [0.2, 0.25) is 0 Å². The van der Waals surface area contributed by atoms with Crippen LogP contribution in [0.5, 0.6) is 0 Å². The third kappa shape index (κ3) is 2.95. The summed E-state index contributed by atoms with van der Waals surface area (Å²) in [6.07, 6.45) is 3.95. The van der Waals surface area contributed by atoms with Crippen molar-refractivity contribution >= 4 is 35.5 Å². The topological polar surface area (TPSA) is 0 Å². The van der Waals surface area contributed by atoms with Crippen LogP contribution >= 0.6 is 19.5 Å². The molecule has 0 unspecified atom stereocenters. The van der Waals surface area contributed by atoms with Crippen molar-refractivity contribution in [3.8, 4) is 0 Å². The molecule has 0 radical (unpaired) electrons. The van der Waals surface area contributed by atoms with Gasteiger partial charge in [-0.05, 0) is 0 Å². The first-order valence-corrected chi connectivity index (χ1v) is 9.59. The maximum atomic E-state index is 4.89. The van der Waals surface area contributed by atoms with Crippen molar-refractivity contribution in [1.82, 2.24) is 0 Å². The van der Waals surface area contributed by atoms with Crippen LogP contribution in [0.15, 0.2) is 84.7 Å². The van der Waals surface area contributed by atoms with E-state index in [4.69, 9.17) is 12.2 Å². The van der Waals surface area contributed by atoms with E-state index in [1.54, 1.807) is 5.37 Å². The first-order chi connectivity index (χ1) is 9.69. The van der Waals surface area contributed by atoms with E-state index in [2.05, 4.69) is 80.0 Å². The monoisotopic (exact) mass is 298 g/mol. The molecule has 0 aliphatic heterocycles. The molecule has 0 fully saturated rings. The van der Waals surface area contributed by atoms with Crippen LogP contribution in [0, 0.1) is 0 Å². The van der Waals surface area contributed by atoms with Crippen molar-refractivity contribution in [3.05, 3.63) is 84.7 Å². The predicted octanol–water partition coefficient (Wildman–Crippen LogP) is 4.09. The molecule has 102 valence electrons. The van der Waals surface area contributed by atoms with Gasteiger partial charge in [-0.3, -0.25) is 0 Å². The van der Waals surface area contributed by atoms with E-state index in [1.165, 1.54) is 10.6 Å². The van der Waals surface area contributed by atoms with Crippen LogP contribution in [0.2, 0.25) is 0 Å². The molecule has 0 heterocycles. The number of hydrogen-bond acceptors (Lipinski definition) is 1. The van der Waals surface area contributed by atoms with Crippen molar-refractivity contribution in [2.75, 3.05) is 6.66 Å². The Morgan fingerprint density at radius 2 is 1.40 bits per heavy atom. The zero-order chi connectivity index (χ0) is 14.4. The van der Waals surface area contributed by atoms with Crippen LogP contribution in [-0.4, -0.2) is 12.0 Å². The minimum absolute atomic E-state index is 1.16. The molecule has 0 spiro atoms. The summed E-state index contributed by atoms with van der Waals surface area (Å²) in [6.45, 7) is 6.67. The molecular weight excluding hydrogens is 279 g/mol. The molecule has 0 bridgehead atoms. The summed E-state index contributed by atoms with van der Waals surface area (Å²) in [5, 5.41) is 5.53. The molecule has 20 heavy (non-hydrogen) atoms. The molecule has 0 saturated carbocycles. The van der Waals surface area contributed by atoms with Gasteiger partial charge in [-0.15, -0.1) is 0 Å². The molecule has 2 heteroatoms. The van der Waals surface area contributed by atoms with Gasteiger partial charge in [0.15, 0.2) is 0 Å². The standard InChI is InChI=1S/C18H19PS/c1-16(10-9-15-20)19(2,17-11-5-3-6-12-17)18-13-7-4-8-14-18/h3-15,19H,1H2,2H3/b10-9-. The van der Waals surface area contributed by atoms with Gasteiger partial charge in [0.1, 0.15) is 0 Å². The fourth-order valence-electron chi connectivity index (χ4n) is 2.40. The van der Waals surface area contributed by atoms with Gasteiger partial charge in [-0.1, -0.05) is 0 Å². The summed E-state index contributed by atoms with van der Waals surface area (Å²) in [7, 11) is -1.99. The van der Waals surface area contributed by atoms with E-state index in [9.17, 15) is 0 Å². The molecular formula is C18H19PS. The van der Waals surface area contributed by atoms with Gasteiger partial charge < -0.3 is 0 Å². The summed E-state index contributed by atoms with van der Waals surface area (Å²) < 4.78 is 0. The first kappa shape index (κ1) is 14.8. The second kappa shape index (κ2) is 6.74. The molecule has 0 N–H and O–H groups in total. The number of rotatable bonds is 5. The molecule has 0 aliphatic carbocycles. The Kier molecular flexibility index (Phi) is 5.00. The van der Waals surface area contributed by atoms with E-state index in [-0.39, 0.29) is 0 Å². The Labute approximate surface area is 127 Å². The summed E-state index contributed by atoms with van der Waals surface area (Å²) in [4.78, 5) is 0. The Bertz CT molecular complexity index is 575. The van der Waals surface area contributed by atoms with Gasteiger partial charge >= 0.3 is 127 Å². The number of allylic oxidation sites excluding steroid dienone is 3. The van der Waals surface area contributed by atoms with Gasteiger partial charge in [-0.25, -0.2) is 0 Å². The van der Waals surface area contributed by atoms with Gasteiger partial charge in [-0.2, -0.15) is 0 Å². The molecule has 0 aromatic heterocycles. The van der Waals surface area contributed by atoms with Crippen LogP contribution in [0.4, 0.5) is 0 Å². The minimum atomic E-state index is -1.99. The third-order valence-corrected chi connectivity index (χ3v) is 8.30. The van der Waals surface area contributed by atoms with Gasteiger partial charge in [0.25, 0.3) is 0 Å². The second-order valence-electron chi connectivity index (χ2n) is 4.88. The summed E-state index contributed by atoms with van der Waals surface area (Å²) in [6, 6.07) is 21.3. The average Bonchev–Trinajstić information content (AvgIpc) is 2.53. The van der Waals surface area contributed by atoms with Crippen molar-refractivity contribution < 1.29 is 0 Å². The van der Waals surface area contributed by atoms with E-state index in [0.717, 1.165) is 5.31 Å². The zero-order valence-corrected chi connectivity index (χ0v) is 13.4. The Balaban J connectivity index is 2.58. The molecule has 2 aromatic rings. The fraction of sp³-hybridized carbons (Fsp3) is 0.0556. The second-order valence-corrected chi connectivity index (χ2v) is 9.20. The predicted molar refractivity (Wildman–Crippen MR) is 98.3 cm³/mol. The summed E-state index contributed by atoms with van der Waals surface area (Å²) in [5.74, 6) is 0. The van der Waals surface area contributed by atoms with Crippen molar-refractivity contribution in [2.24, 2.45) is 0 Å². The van der Waals surface area contributed by atoms with Crippen LogP contribution in [0.25, 0.3) is 0 Å². The molecule has 0 atom stereocenters. The van der Waals surface area contributed by atoms with Gasteiger partial charge in [0, 0.05) is 0 Å². The Hall–Kier alpha value is -1.56. The van der Waals surface area contributed by atoms with Gasteiger partial charge in [0.05, 0.1) is 0 Å². The normalized spacial score (nSPS) is 12.2. The summed E-state index contributed by atoms with van der Waals surface area (Å²) >= 11 is 4.89. The fourth-order valence-corrected chi connectivity index (χ4v) is 5.70.